The third kappa shape index (κ3) is 7.47. The maximum atomic E-state index is 9.18. The minimum atomic E-state index is 0.431. The molecule has 0 unspecified atom stereocenters. The molecular weight excluding hydrogens is 128 g/mol. The summed E-state index contributed by atoms with van der Waals surface area (Å²) < 4.78 is 4.15. The zero-order valence-corrected chi connectivity index (χ0v) is 6.80. The van der Waals surface area contributed by atoms with Crippen molar-refractivity contribution in [2.24, 2.45) is 5.92 Å². The van der Waals surface area contributed by atoms with Crippen LogP contribution < -0.4 is 0 Å². The van der Waals surface area contributed by atoms with Crippen LogP contribution in [0.15, 0.2) is 0 Å². The number of ether oxygens (including phenoxy) is 1. The van der Waals surface area contributed by atoms with Gasteiger partial charge in [0.05, 0.1) is 6.61 Å². The van der Waals surface area contributed by atoms with Crippen LogP contribution in [-0.2, 0) is 9.53 Å². The molecule has 2 nitrogen and oxygen atoms in total. The van der Waals surface area contributed by atoms with Gasteiger partial charge in [0.25, 0.3) is 6.47 Å². The molecule has 1 aliphatic rings. The molecule has 1 fully saturated rings. The highest BCUT2D eigenvalue weighted by Gasteiger charge is 2.17. The second-order valence-corrected chi connectivity index (χ2v) is 2.40. The molecule has 0 atom stereocenters. The first-order valence-corrected chi connectivity index (χ1v) is 3.90. The Hall–Kier alpha value is -0.530. The predicted molar refractivity (Wildman–Crippen MR) is 40.7 cm³/mol. The first-order chi connectivity index (χ1) is 4.85. The van der Waals surface area contributed by atoms with Gasteiger partial charge < -0.3 is 4.74 Å². The molecule has 60 valence electrons. The zero-order valence-electron chi connectivity index (χ0n) is 6.80. The Balaban J connectivity index is 0.000000162. The highest BCUT2D eigenvalue weighted by atomic mass is 16.5. The average Bonchev–Trinajstić information content (AvgIpc) is 2.72. The van der Waals surface area contributed by atoms with E-state index in [-0.39, 0.29) is 0 Å². The van der Waals surface area contributed by atoms with Crippen LogP contribution in [0.25, 0.3) is 0 Å². The van der Waals surface area contributed by atoms with Gasteiger partial charge in [-0.1, -0.05) is 26.2 Å². The summed E-state index contributed by atoms with van der Waals surface area (Å²) in [5.41, 5.74) is 0. The van der Waals surface area contributed by atoms with Gasteiger partial charge in [0.2, 0.25) is 0 Å². The third-order valence-corrected chi connectivity index (χ3v) is 1.51. The topological polar surface area (TPSA) is 26.3 Å². The molecule has 0 aromatic rings. The Morgan fingerprint density at radius 1 is 1.50 bits per heavy atom. The van der Waals surface area contributed by atoms with Gasteiger partial charge in [0, 0.05) is 0 Å². The Kier molecular flexibility index (Phi) is 6.24. The summed E-state index contributed by atoms with van der Waals surface area (Å²) in [4.78, 5) is 9.18. The van der Waals surface area contributed by atoms with Crippen LogP contribution in [0.5, 0.6) is 0 Å². The van der Waals surface area contributed by atoms with Crippen LogP contribution in [0, 0.1) is 5.92 Å². The van der Waals surface area contributed by atoms with Crippen molar-refractivity contribution in [1.29, 1.82) is 0 Å². The van der Waals surface area contributed by atoms with Crippen LogP contribution in [0.3, 0.4) is 0 Å². The van der Waals surface area contributed by atoms with Crippen LogP contribution in [0.2, 0.25) is 0 Å². The molecule has 1 aliphatic carbocycles. The fourth-order valence-corrected chi connectivity index (χ4v) is 0.594. The van der Waals surface area contributed by atoms with Crippen molar-refractivity contribution in [3.63, 3.8) is 0 Å². The van der Waals surface area contributed by atoms with Gasteiger partial charge in [0.1, 0.15) is 0 Å². The molecule has 2 heteroatoms. The number of rotatable bonds is 3. The maximum absolute atomic E-state index is 9.18. The van der Waals surface area contributed by atoms with Crippen molar-refractivity contribution < 1.29 is 9.53 Å². The summed E-state index contributed by atoms with van der Waals surface area (Å²) in [7, 11) is 0. The monoisotopic (exact) mass is 144 g/mol. The molecular formula is C8H16O2. The standard InChI is InChI=1S/C5H10.C3H6O2/c1-2-5-3-4-5;1-2-5-3-4/h5H,2-4H2,1H3;3H,2H2,1H3. The van der Waals surface area contributed by atoms with E-state index in [2.05, 4.69) is 11.7 Å². The van der Waals surface area contributed by atoms with E-state index in [0.29, 0.717) is 13.1 Å². The second kappa shape index (κ2) is 6.59. The lowest BCUT2D eigenvalue weighted by Crippen LogP contribution is -1.80. The zero-order chi connectivity index (χ0) is 7.82. The van der Waals surface area contributed by atoms with Gasteiger partial charge in [-0.05, 0) is 12.8 Å². The molecule has 0 saturated heterocycles. The van der Waals surface area contributed by atoms with Gasteiger partial charge in [0.15, 0.2) is 0 Å². The number of hydrogen-bond donors (Lipinski definition) is 0. The largest absolute Gasteiger partial charge is 0.468 e. The van der Waals surface area contributed by atoms with Gasteiger partial charge in [-0.2, -0.15) is 0 Å². The summed E-state index contributed by atoms with van der Waals surface area (Å²) in [6, 6.07) is 0. The summed E-state index contributed by atoms with van der Waals surface area (Å²) in [5.74, 6) is 1.13. The molecule has 0 spiro atoms. The lowest BCUT2D eigenvalue weighted by Gasteiger charge is -1.79. The molecule has 0 heterocycles. The summed E-state index contributed by atoms with van der Waals surface area (Å²) in [6.07, 6.45) is 4.44. The Morgan fingerprint density at radius 3 is 2.10 bits per heavy atom. The number of carbonyl (C=O) groups excluding carboxylic acids is 1. The van der Waals surface area contributed by atoms with E-state index in [9.17, 15) is 4.79 Å². The lowest BCUT2D eigenvalue weighted by molar-refractivity contribution is -0.128. The summed E-state index contributed by atoms with van der Waals surface area (Å²) in [5, 5.41) is 0. The Bertz CT molecular complexity index is 77.3. The highest BCUT2D eigenvalue weighted by Crippen LogP contribution is 2.31. The third-order valence-electron chi connectivity index (χ3n) is 1.51. The normalized spacial score (nSPS) is 15.0. The van der Waals surface area contributed by atoms with Crippen molar-refractivity contribution in [3.05, 3.63) is 0 Å². The molecule has 0 N–H and O–H groups in total. The highest BCUT2D eigenvalue weighted by molar-refractivity contribution is 5.36. The SMILES string of the molecule is CCC1CC1.CCOC=O. The van der Waals surface area contributed by atoms with Gasteiger partial charge in [-0.15, -0.1) is 0 Å². The molecule has 0 aliphatic heterocycles. The Morgan fingerprint density at radius 2 is 2.10 bits per heavy atom. The van der Waals surface area contributed by atoms with E-state index in [1.807, 2.05) is 0 Å². The Labute approximate surface area is 62.6 Å². The van der Waals surface area contributed by atoms with Crippen LogP contribution >= 0.6 is 0 Å². The number of hydrogen-bond acceptors (Lipinski definition) is 2. The maximum Gasteiger partial charge on any atom is 0.293 e. The quantitative estimate of drug-likeness (QED) is 0.566. The van der Waals surface area contributed by atoms with Gasteiger partial charge >= 0.3 is 0 Å². The van der Waals surface area contributed by atoms with Crippen molar-refractivity contribution >= 4 is 6.47 Å². The van der Waals surface area contributed by atoms with E-state index < -0.39 is 0 Å². The fourth-order valence-electron chi connectivity index (χ4n) is 0.594. The molecule has 0 amide bonds. The van der Waals surface area contributed by atoms with Crippen molar-refractivity contribution in [3.8, 4) is 0 Å². The summed E-state index contributed by atoms with van der Waals surface area (Å²) in [6.45, 7) is 4.93. The predicted octanol–water partition coefficient (Wildman–Crippen LogP) is 1.99. The fraction of sp³-hybridized carbons (Fsp3) is 0.875. The molecule has 0 aromatic carbocycles. The van der Waals surface area contributed by atoms with Crippen LogP contribution in [0.4, 0.5) is 0 Å². The first-order valence-electron chi connectivity index (χ1n) is 3.90. The van der Waals surface area contributed by atoms with E-state index in [1.165, 1.54) is 19.3 Å². The van der Waals surface area contributed by atoms with Gasteiger partial charge in [-0.3, -0.25) is 4.79 Å². The molecule has 1 saturated carbocycles. The van der Waals surface area contributed by atoms with E-state index in [1.54, 1.807) is 6.92 Å². The molecule has 0 bridgehead atoms. The van der Waals surface area contributed by atoms with Crippen LogP contribution in [0.1, 0.15) is 33.1 Å². The van der Waals surface area contributed by atoms with Crippen molar-refractivity contribution in [2.75, 3.05) is 6.61 Å². The molecule has 10 heavy (non-hydrogen) atoms. The lowest BCUT2D eigenvalue weighted by atomic mass is 10.3. The smallest absolute Gasteiger partial charge is 0.293 e. The van der Waals surface area contributed by atoms with Crippen LogP contribution in [-0.4, -0.2) is 13.1 Å². The summed E-state index contributed by atoms with van der Waals surface area (Å²) >= 11 is 0. The minimum Gasteiger partial charge on any atom is -0.468 e. The second-order valence-electron chi connectivity index (χ2n) is 2.40. The number of carbonyl (C=O) groups is 1. The van der Waals surface area contributed by atoms with Gasteiger partial charge in [-0.25, -0.2) is 0 Å². The van der Waals surface area contributed by atoms with E-state index in [4.69, 9.17) is 0 Å². The van der Waals surface area contributed by atoms with Crippen molar-refractivity contribution in [2.45, 2.75) is 33.1 Å². The molecule has 0 radical (unpaired) electrons. The van der Waals surface area contributed by atoms with Crippen molar-refractivity contribution in [1.82, 2.24) is 0 Å². The molecule has 1 rings (SSSR count). The first kappa shape index (κ1) is 9.47. The molecule has 0 aromatic heterocycles. The minimum absolute atomic E-state index is 0.431. The van der Waals surface area contributed by atoms with E-state index in [0.717, 1.165) is 5.92 Å². The average molecular weight is 144 g/mol. The van der Waals surface area contributed by atoms with E-state index >= 15 is 0 Å².